The lowest BCUT2D eigenvalue weighted by Gasteiger charge is -2.29. The molecule has 2 fully saturated rings. The second-order valence-electron chi connectivity index (χ2n) is 21.3. The van der Waals surface area contributed by atoms with Gasteiger partial charge in [0.05, 0.1) is 24.5 Å². The fourth-order valence-corrected chi connectivity index (χ4v) is 9.44. The van der Waals surface area contributed by atoms with Crippen LogP contribution in [0.1, 0.15) is 116 Å². The molecule has 4 aliphatic heterocycles. The maximum atomic E-state index is 13.6. The van der Waals surface area contributed by atoms with Crippen LogP contribution in [0.15, 0.2) is 120 Å². The van der Waals surface area contributed by atoms with Gasteiger partial charge in [0.25, 0.3) is 0 Å². The number of benzene rings is 4. The quantitative estimate of drug-likeness (QED) is 0.135. The summed E-state index contributed by atoms with van der Waals surface area (Å²) in [6, 6.07) is 34.3. The highest BCUT2D eigenvalue weighted by Gasteiger charge is 2.57. The maximum absolute atomic E-state index is 13.6. The van der Waals surface area contributed by atoms with E-state index in [0.717, 1.165) is 44.8 Å². The number of carbonyl (C=O) groups is 4. The summed E-state index contributed by atoms with van der Waals surface area (Å²) in [4.78, 5) is 67.3. The van der Waals surface area contributed by atoms with Crippen LogP contribution in [0.25, 0.3) is 11.1 Å². The Morgan fingerprint density at radius 3 is 1.34 bits per heavy atom. The number of hydrogen-bond acceptors (Lipinski definition) is 12. The van der Waals surface area contributed by atoms with Gasteiger partial charge in [-0.15, -0.1) is 0 Å². The Bertz CT molecular complexity index is 2510. The molecule has 0 bridgehead atoms. The SMILES string of the molecule is CC(C)(C)OC(=O)C1C[C@]2(CC(c3ccccc3)=NO2)CN1C(=O)OC(C)(C)C.CC(C)(C)OC(=O)C1C[C@]2(CC(c3ccccc3)=NO2)CN1C(=O)OCC1c2ccccc2-c2ccccc21. The minimum Gasteiger partial charge on any atom is -0.458 e. The average molecular weight is 927 g/mol. The molecule has 1 aliphatic carbocycles. The number of likely N-dealkylation sites (tertiary alicyclic amines) is 2. The van der Waals surface area contributed by atoms with Crippen molar-refractivity contribution in [3.63, 3.8) is 0 Å². The molecule has 5 aliphatic rings. The molecule has 4 aromatic rings. The number of hydrogen-bond donors (Lipinski definition) is 0. The summed E-state index contributed by atoms with van der Waals surface area (Å²) in [5.74, 6) is -1.00. The number of nitrogens with zero attached hydrogens (tertiary/aromatic N) is 4. The second kappa shape index (κ2) is 18.4. The molecular formula is C54H62N4O10. The lowest BCUT2D eigenvalue weighted by Crippen LogP contribution is -2.46. The van der Waals surface area contributed by atoms with E-state index < -0.39 is 64.2 Å². The van der Waals surface area contributed by atoms with E-state index in [-0.39, 0.29) is 32.0 Å². The van der Waals surface area contributed by atoms with Crippen LogP contribution in [0.3, 0.4) is 0 Å². The molecule has 4 heterocycles. The molecule has 14 nitrogen and oxygen atoms in total. The minimum absolute atomic E-state index is 0.0753. The van der Waals surface area contributed by atoms with Gasteiger partial charge in [0.2, 0.25) is 0 Å². The zero-order valence-corrected chi connectivity index (χ0v) is 40.4. The molecule has 2 spiro atoms. The molecule has 358 valence electrons. The van der Waals surface area contributed by atoms with Crippen molar-refractivity contribution in [3.05, 3.63) is 131 Å². The Kier molecular flexibility index (Phi) is 12.9. The standard InChI is InChI=1S/C32H32N2O5.C22H30N2O5/c1-31(2,3)38-29(35)28-18-32(17-27(33-39-32)21-11-5-4-6-12-21)20-34(28)30(36)37-19-26-24-15-9-7-13-22(24)23-14-8-10-16-25(23)26;1-20(2,3)27-18(25)17-13-22(14-24(17)19(26)28-21(4,5)6)12-16(23-29-22)15-10-8-7-9-11-15/h4-16,26,28H,17-20H2,1-3H3;7-11,17H,12-14H2,1-6H3/t28?,32-;17?,22-/m11/s1. The summed E-state index contributed by atoms with van der Waals surface area (Å²) in [6.45, 7) is 16.8. The molecule has 4 atom stereocenters. The van der Waals surface area contributed by atoms with Gasteiger partial charge in [0.15, 0.2) is 11.2 Å². The number of oxime groups is 2. The monoisotopic (exact) mass is 926 g/mol. The first-order valence-electron chi connectivity index (χ1n) is 23.3. The number of fused-ring (bicyclic) bond motifs is 3. The van der Waals surface area contributed by atoms with Crippen molar-refractivity contribution in [2.24, 2.45) is 10.3 Å². The predicted octanol–water partition coefficient (Wildman–Crippen LogP) is 9.82. The molecule has 2 saturated heterocycles. The first-order valence-corrected chi connectivity index (χ1v) is 23.3. The van der Waals surface area contributed by atoms with Crippen LogP contribution in [0, 0.1) is 0 Å². The fraction of sp³-hybridized carbons (Fsp3) is 0.444. The number of amides is 2. The Morgan fingerprint density at radius 1 is 0.544 bits per heavy atom. The molecule has 0 aromatic heterocycles. The van der Waals surface area contributed by atoms with Gasteiger partial charge in [0.1, 0.15) is 35.5 Å². The van der Waals surface area contributed by atoms with Gasteiger partial charge in [-0.3, -0.25) is 9.80 Å². The lowest BCUT2D eigenvalue weighted by atomic mass is 9.92. The summed E-state index contributed by atoms with van der Waals surface area (Å²) in [5.41, 5.74) is 4.52. The van der Waals surface area contributed by atoms with Crippen molar-refractivity contribution in [2.45, 2.75) is 134 Å². The van der Waals surface area contributed by atoms with Gasteiger partial charge in [-0.25, -0.2) is 19.2 Å². The van der Waals surface area contributed by atoms with Crippen LogP contribution in [0.5, 0.6) is 0 Å². The van der Waals surface area contributed by atoms with Crippen LogP contribution < -0.4 is 0 Å². The highest BCUT2D eigenvalue weighted by molar-refractivity contribution is 6.02. The van der Waals surface area contributed by atoms with E-state index in [1.54, 1.807) is 41.5 Å². The van der Waals surface area contributed by atoms with E-state index in [0.29, 0.717) is 19.3 Å². The van der Waals surface area contributed by atoms with Gasteiger partial charge in [-0.05, 0) is 95.7 Å². The minimum atomic E-state index is -0.829. The van der Waals surface area contributed by atoms with Crippen molar-refractivity contribution >= 4 is 35.5 Å². The summed E-state index contributed by atoms with van der Waals surface area (Å²) in [7, 11) is 0. The van der Waals surface area contributed by atoms with Gasteiger partial charge >= 0.3 is 24.1 Å². The fourth-order valence-electron chi connectivity index (χ4n) is 9.44. The average Bonchev–Trinajstić information content (AvgIpc) is 4.12. The number of carbonyl (C=O) groups excluding carboxylic acids is 4. The third-order valence-electron chi connectivity index (χ3n) is 12.2. The third-order valence-corrected chi connectivity index (χ3v) is 12.2. The van der Waals surface area contributed by atoms with E-state index in [4.69, 9.17) is 28.6 Å². The first kappa shape index (κ1) is 47.8. The maximum Gasteiger partial charge on any atom is 0.411 e. The number of esters is 2. The molecule has 4 aromatic carbocycles. The van der Waals surface area contributed by atoms with E-state index in [1.165, 1.54) is 9.80 Å². The van der Waals surface area contributed by atoms with Crippen LogP contribution in [0.4, 0.5) is 9.59 Å². The highest BCUT2D eigenvalue weighted by Crippen LogP contribution is 2.46. The van der Waals surface area contributed by atoms with Gasteiger partial charge in [-0.1, -0.05) is 120 Å². The largest absolute Gasteiger partial charge is 0.458 e. The van der Waals surface area contributed by atoms with E-state index in [9.17, 15) is 19.2 Å². The van der Waals surface area contributed by atoms with Gasteiger partial charge < -0.3 is 28.6 Å². The molecule has 0 N–H and O–H groups in total. The highest BCUT2D eigenvalue weighted by atomic mass is 16.7. The van der Waals surface area contributed by atoms with E-state index in [1.807, 2.05) is 106 Å². The Morgan fingerprint density at radius 2 is 0.926 bits per heavy atom. The summed E-state index contributed by atoms with van der Waals surface area (Å²) in [5, 5.41) is 8.61. The molecule has 14 heteroatoms. The Labute approximate surface area is 398 Å². The van der Waals surface area contributed by atoms with Crippen molar-refractivity contribution < 1.29 is 47.8 Å². The van der Waals surface area contributed by atoms with Crippen molar-refractivity contribution in [2.75, 3.05) is 19.7 Å². The van der Waals surface area contributed by atoms with Crippen LogP contribution >= 0.6 is 0 Å². The molecule has 2 unspecified atom stereocenters. The molecular weight excluding hydrogens is 865 g/mol. The molecule has 68 heavy (non-hydrogen) atoms. The van der Waals surface area contributed by atoms with Crippen molar-refractivity contribution in [1.29, 1.82) is 0 Å². The predicted molar refractivity (Wildman–Crippen MR) is 256 cm³/mol. The smallest absolute Gasteiger partial charge is 0.411 e. The Balaban J connectivity index is 0.000000193. The zero-order chi connectivity index (χ0) is 48.6. The summed E-state index contributed by atoms with van der Waals surface area (Å²) >= 11 is 0. The van der Waals surface area contributed by atoms with Crippen molar-refractivity contribution in [1.82, 2.24) is 9.80 Å². The summed E-state index contributed by atoms with van der Waals surface area (Å²) in [6.07, 6.45) is 0.481. The van der Waals surface area contributed by atoms with Gasteiger partial charge in [0, 0.05) is 31.6 Å². The van der Waals surface area contributed by atoms with E-state index in [2.05, 4.69) is 34.6 Å². The topological polar surface area (TPSA) is 155 Å². The second-order valence-corrected chi connectivity index (χ2v) is 21.3. The molecule has 9 rings (SSSR count). The third kappa shape index (κ3) is 10.7. The Hall–Kier alpha value is -6.70. The summed E-state index contributed by atoms with van der Waals surface area (Å²) < 4.78 is 22.7. The van der Waals surface area contributed by atoms with Gasteiger partial charge in [-0.2, -0.15) is 0 Å². The van der Waals surface area contributed by atoms with E-state index >= 15 is 0 Å². The number of rotatable bonds is 6. The van der Waals surface area contributed by atoms with Crippen LogP contribution in [-0.2, 0) is 38.2 Å². The molecule has 0 radical (unpaired) electrons. The lowest BCUT2D eigenvalue weighted by molar-refractivity contribution is -0.161. The van der Waals surface area contributed by atoms with Crippen LogP contribution in [-0.4, -0.2) is 105 Å². The van der Waals surface area contributed by atoms with Crippen LogP contribution in [0.2, 0.25) is 0 Å². The van der Waals surface area contributed by atoms with Crippen molar-refractivity contribution in [3.8, 4) is 11.1 Å². The normalized spacial score (nSPS) is 22.8. The molecule has 2 amide bonds. The zero-order valence-electron chi connectivity index (χ0n) is 40.4. The molecule has 0 saturated carbocycles. The first-order chi connectivity index (χ1) is 32.1. The number of ether oxygens (including phenoxy) is 4.